The van der Waals surface area contributed by atoms with Gasteiger partial charge in [-0.25, -0.2) is 4.79 Å². The number of aryl methyl sites for hydroxylation is 2. The van der Waals surface area contributed by atoms with Crippen LogP contribution in [0.15, 0.2) is 58.3 Å². The molecule has 0 heterocycles. The number of carbonyl (C=O) groups is 1. The first-order chi connectivity index (χ1) is 9.56. The van der Waals surface area contributed by atoms with Gasteiger partial charge in [-0.15, -0.1) is 0 Å². The van der Waals surface area contributed by atoms with E-state index in [2.05, 4.69) is 32.0 Å². The Balaban J connectivity index is 2.31. The van der Waals surface area contributed by atoms with Crippen molar-refractivity contribution in [2.24, 2.45) is 0 Å². The number of carboxylic acid groups (broad SMARTS) is 1. The molecule has 2 rings (SSSR count). The Bertz CT molecular complexity index is 660. The largest absolute Gasteiger partial charge is 0.478 e. The van der Waals surface area contributed by atoms with Gasteiger partial charge in [-0.2, -0.15) is 0 Å². The number of rotatable bonds is 4. The van der Waals surface area contributed by atoms with E-state index in [0.717, 1.165) is 10.5 Å². The number of aliphatic carboxylic acids is 1. The van der Waals surface area contributed by atoms with E-state index in [1.54, 1.807) is 17.8 Å². The summed E-state index contributed by atoms with van der Waals surface area (Å²) in [6, 6.07) is 14.1. The van der Waals surface area contributed by atoms with E-state index in [0.29, 0.717) is 0 Å². The van der Waals surface area contributed by atoms with Gasteiger partial charge in [0.15, 0.2) is 0 Å². The summed E-state index contributed by atoms with van der Waals surface area (Å²) < 4.78 is 0. The summed E-state index contributed by atoms with van der Waals surface area (Å²) in [5.41, 5.74) is 3.39. The third-order valence-corrected chi connectivity index (χ3v) is 4.14. The summed E-state index contributed by atoms with van der Waals surface area (Å²) in [6.45, 7) is 4.16. The highest BCUT2D eigenvalue weighted by Gasteiger charge is 2.05. The Kier molecular flexibility index (Phi) is 4.64. The van der Waals surface area contributed by atoms with Crippen LogP contribution in [0.25, 0.3) is 6.08 Å². The van der Waals surface area contributed by atoms with Gasteiger partial charge in [-0.3, -0.25) is 0 Å². The van der Waals surface area contributed by atoms with Crippen molar-refractivity contribution in [2.75, 3.05) is 0 Å². The minimum Gasteiger partial charge on any atom is -0.478 e. The SMILES string of the molecule is Cc1ccc(Sc2ccccc2C=CC(=O)O)c(C)c1. The Morgan fingerprint density at radius 3 is 2.55 bits per heavy atom. The van der Waals surface area contributed by atoms with Gasteiger partial charge < -0.3 is 5.11 Å². The van der Waals surface area contributed by atoms with Crippen LogP contribution in [0, 0.1) is 13.8 Å². The second-order valence-corrected chi connectivity index (χ2v) is 5.66. The summed E-state index contributed by atoms with van der Waals surface area (Å²) >= 11 is 1.66. The topological polar surface area (TPSA) is 37.3 Å². The molecule has 0 spiro atoms. The molecule has 1 N–H and O–H groups in total. The van der Waals surface area contributed by atoms with Crippen LogP contribution in [-0.2, 0) is 4.79 Å². The van der Waals surface area contributed by atoms with Crippen LogP contribution in [0.4, 0.5) is 0 Å². The van der Waals surface area contributed by atoms with E-state index in [4.69, 9.17) is 5.11 Å². The van der Waals surface area contributed by atoms with E-state index in [9.17, 15) is 4.79 Å². The molecule has 102 valence electrons. The van der Waals surface area contributed by atoms with Crippen molar-refractivity contribution < 1.29 is 9.90 Å². The average molecular weight is 284 g/mol. The minimum absolute atomic E-state index is 0.917. The van der Waals surface area contributed by atoms with Crippen molar-refractivity contribution in [2.45, 2.75) is 23.6 Å². The molecule has 0 fully saturated rings. The molecule has 3 heteroatoms. The highest BCUT2D eigenvalue weighted by Crippen LogP contribution is 2.33. The monoisotopic (exact) mass is 284 g/mol. The molecule has 2 aromatic carbocycles. The van der Waals surface area contributed by atoms with Crippen LogP contribution in [0.3, 0.4) is 0 Å². The van der Waals surface area contributed by atoms with Crippen molar-refractivity contribution in [3.05, 3.63) is 65.2 Å². The summed E-state index contributed by atoms with van der Waals surface area (Å²) in [4.78, 5) is 12.9. The van der Waals surface area contributed by atoms with Crippen LogP contribution >= 0.6 is 11.8 Å². The Labute approximate surface area is 123 Å². The van der Waals surface area contributed by atoms with Crippen LogP contribution in [-0.4, -0.2) is 11.1 Å². The lowest BCUT2D eigenvalue weighted by atomic mass is 10.2. The molecule has 0 bridgehead atoms. The molecule has 0 aromatic heterocycles. The third kappa shape index (κ3) is 3.75. The average Bonchev–Trinajstić information content (AvgIpc) is 2.41. The Morgan fingerprint density at radius 2 is 1.85 bits per heavy atom. The van der Waals surface area contributed by atoms with Gasteiger partial charge in [0.2, 0.25) is 0 Å². The molecule has 2 nitrogen and oxygen atoms in total. The van der Waals surface area contributed by atoms with Crippen molar-refractivity contribution in [1.82, 2.24) is 0 Å². The van der Waals surface area contributed by atoms with E-state index in [-0.39, 0.29) is 0 Å². The molecule has 20 heavy (non-hydrogen) atoms. The molecule has 0 radical (unpaired) electrons. The number of benzene rings is 2. The molecule has 0 amide bonds. The summed E-state index contributed by atoms with van der Waals surface area (Å²) in [5, 5.41) is 8.74. The van der Waals surface area contributed by atoms with Gasteiger partial charge in [0.05, 0.1) is 0 Å². The van der Waals surface area contributed by atoms with Crippen molar-refractivity contribution >= 4 is 23.8 Å². The first-order valence-electron chi connectivity index (χ1n) is 6.31. The minimum atomic E-state index is -0.934. The Morgan fingerprint density at radius 1 is 1.10 bits per heavy atom. The maximum absolute atomic E-state index is 10.6. The smallest absolute Gasteiger partial charge is 0.328 e. The van der Waals surface area contributed by atoms with Gasteiger partial charge in [0.25, 0.3) is 0 Å². The van der Waals surface area contributed by atoms with E-state index in [1.807, 2.05) is 24.3 Å². The molecule has 0 saturated heterocycles. The standard InChI is InChI=1S/C17H16O2S/c1-12-7-9-15(13(2)11-12)20-16-6-4-3-5-14(16)8-10-17(18)19/h3-11H,1-2H3,(H,18,19). The zero-order valence-electron chi connectivity index (χ0n) is 11.5. The normalized spacial score (nSPS) is 10.9. The van der Waals surface area contributed by atoms with E-state index in [1.165, 1.54) is 22.1 Å². The van der Waals surface area contributed by atoms with Crippen LogP contribution < -0.4 is 0 Å². The predicted molar refractivity (Wildman–Crippen MR) is 83.2 cm³/mol. The lowest BCUT2D eigenvalue weighted by Gasteiger charge is -2.09. The lowest BCUT2D eigenvalue weighted by Crippen LogP contribution is -1.87. The van der Waals surface area contributed by atoms with E-state index >= 15 is 0 Å². The van der Waals surface area contributed by atoms with Gasteiger partial charge in [-0.05, 0) is 43.2 Å². The fraction of sp³-hybridized carbons (Fsp3) is 0.118. The number of hydrogen-bond donors (Lipinski definition) is 1. The quantitative estimate of drug-likeness (QED) is 0.837. The van der Waals surface area contributed by atoms with Crippen molar-refractivity contribution in [1.29, 1.82) is 0 Å². The lowest BCUT2D eigenvalue weighted by molar-refractivity contribution is -0.131. The molecule has 0 aliphatic heterocycles. The maximum atomic E-state index is 10.6. The molecule has 0 saturated carbocycles. The second-order valence-electron chi connectivity index (χ2n) is 4.58. The first kappa shape index (κ1) is 14.4. The fourth-order valence-electron chi connectivity index (χ4n) is 1.90. The molecule has 0 aliphatic rings. The summed E-state index contributed by atoms with van der Waals surface area (Å²) in [6.07, 6.45) is 2.80. The Hall–Kier alpha value is -2.00. The molecule has 2 aromatic rings. The summed E-state index contributed by atoms with van der Waals surface area (Å²) in [5.74, 6) is -0.934. The van der Waals surface area contributed by atoms with Crippen molar-refractivity contribution in [3.63, 3.8) is 0 Å². The molecule has 0 unspecified atom stereocenters. The zero-order chi connectivity index (χ0) is 14.5. The third-order valence-electron chi connectivity index (χ3n) is 2.87. The van der Waals surface area contributed by atoms with Gasteiger partial charge in [0, 0.05) is 15.9 Å². The first-order valence-corrected chi connectivity index (χ1v) is 7.13. The zero-order valence-corrected chi connectivity index (χ0v) is 12.3. The van der Waals surface area contributed by atoms with Gasteiger partial charge in [0.1, 0.15) is 0 Å². The molecule has 0 aliphatic carbocycles. The van der Waals surface area contributed by atoms with Crippen molar-refractivity contribution in [3.8, 4) is 0 Å². The van der Waals surface area contributed by atoms with Gasteiger partial charge in [-0.1, -0.05) is 47.7 Å². The molecule has 0 atom stereocenters. The highest BCUT2D eigenvalue weighted by molar-refractivity contribution is 7.99. The maximum Gasteiger partial charge on any atom is 0.328 e. The molecular formula is C17H16O2S. The second kappa shape index (κ2) is 6.44. The van der Waals surface area contributed by atoms with Gasteiger partial charge >= 0.3 is 5.97 Å². The highest BCUT2D eigenvalue weighted by atomic mass is 32.2. The molecular weight excluding hydrogens is 268 g/mol. The van der Waals surface area contributed by atoms with Crippen LogP contribution in [0.1, 0.15) is 16.7 Å². The number of hydrogen-bond acceptors (Lipinski definition) is 2. The number of carboxylic acids is 1. The predicted octanol–water partition coefficient (Wildman–Crippen LogP) is 4.55. The van der Waals surface area contributed by atoms with Crippen LogP contribution in [0.2, 0.25) is 0 Å². The van der Waals surface area contributed by atoms with Crippen LogP contribution in [0.5, 0.6) is 0 Å². The van der Waals surface area contributed by atoms with E-state index < -0.39 is 5.97 Å². The fourth-order valence-corrected chi connectivity index (χ4v) is 2.90. The summed E-state index contributed by atoms with van der Waals surface area (Å²) in [7, 11) is 0.